The third-order valence-electron chi connectivity index (χ3n) is 6.80. The molecule has 39 heavy (non-hydrogen) atoms. The highest BCUT2D eigenvalue weighted by atomic mass is 19.1. The van der Waals surface area contributed by atoms with Crippen molar-refractivity contribution in [3.05, 3.63) is 94.3 Å². The third kappa shape index (κ3) is 8.39. The molecule has 1 unspecified atom stereocenters. The molecule has 214 valence electrons. The Morgan fingerprint density at radius 1 is 1.18 bits per heavy atom. The highest BCUT2D eigenvalue weighted by molar-refractivity contribution is 6.00. The molecule has 1 heterocycles. The van der Waals surface area contributed by atoms with Gasteiger partial charge in [0.1, 0.15) is 11.7 Å². The van der Waals surface area contributed by atoms with Crippen molar-refractivity contribution in [1.29, 1.82) is 0 Å². The number of benzene rings is 1. The highest BCUT2D eigenvalue weighted by Crippen LogP contribution is 2.45. The number of aliphatic imine (C=N–C) groups is 1. The molecule has 1 aromatic carbocycles. The maximum absolute atomic E-state index is 13.8. The number of nitrogens with one attached hydrogen (secondary N) is 1. The summed E-state index contributed by atoms with van der Waals surface area (Å²) in [5.41, 5.74) is 5.07. The van der Waals surface area contributed by atoms with Gasteiger partial charge in [-0.3, -0.25) is 9.79 Å². The molecule has 2 aromatic rings. The fraction of sp³-hybridized carbons (Fsp3) is 0.471. The minimum absolute atomic E-state index is 0.0605. The predicted molar refractivity (Wildman–Crippen MR) is 169 cm³/mol. The monoisotopic (exact) mass is 535 g/mol. The molecule has 1 saturated carbocycles. The van der Waals surface area contributed by atoms with Gasteiger partial charge in [0.2, 0.25) is 0 Å². The van der Waals surface area contributed by atoms with Crippen LogP contribution in [0.25, 0.3) is 11.1 Å². The molecular formula is C34H50FN3O. The smallest absolute Gasteiger partial charge is 0.193 e. The van der Waals surface area contributed by atoms with Gasteiger partial charge in [0, 0.05) is 31.0 Å². The average Bonchev–Trinajstić information content (AvgIpc) is 3.77. The molecule has 1 fully saturated rings. The van der Waals surface area contributed by atoms with Crippen LogP contribution < -0.4 is 10.7 Å². The van der Waals surface area contributed by atoms with Crippen LogP contribution in [0, 0.1) is 17.2 Å². The quantitative estimate of drug-likeness (QED) is 0.208. The Morgan fingerprint density at radius 3 is 2.18 bits per heavy atom. The van der Waals surface area contributed by atoms with Crippen molar-refractivity contribution in [3.63, 3.8) is 0 Å². The van der Waals surface area contributed by atoms with E-state index in [0.717, 1.165) is 47.2 Å². The summed E-state index contributed by atoms with van der Waals surface area (Å²) in [6, 6.07) is 8.39. The molecule has 5 heteroatoms. The van der Waals surface area contributed by atoms with Crippen molar-refractivity contribution < 1.29 is 4.39 Å². The number of amidine groups is 1. The molecule has 1 aliphatic rings. The lowest BCUT2D eigenvalue weighted by molar-refractivity contribution is 0.233. The fourth-order valence-electron chi connectivity index (χ4n) is 4.90. The first kappa shape index (κ1) is 33.8. The van der Waals surface area contributed by atoms with E-state index >= 15 is 0 Å². The summed E-state index contributed by atoms with van der Waals surface area (Å²) >= 11 is 0. The van der Waals surface area contributed by atoms with Gasteiger partial charge in [0.05, 0.1) is 5.56 Å². The Kier molecular flexibility index (Phi) is 13.4. The second-order valence-corrected chi connectivity index (χ2v) is 10.4. The molecule has 4 nitrogen and oxygen atoms in total. The van der Waals surface area contributed by atoms with Gasteiger partial charge in [-0.15, -0.1) is 0 Å². The van der Waals surface area contributed by atoms with Crippen LogP contribution in [0.5, 0.6) is 0 Å². The summed E-state index contributed by atoms with van der Waals surface area (Å²) < 4.78 is 16.0. The molecule has 1 N–H and O–H groups in total. The van der Waals surface area contributed by atoms with E-state index in [0.29, 0.717) is 17.3 Å². The van der Waals surface area contributed by atoms with Crippen LogP contribution in [0.15, 0.2) is 71.2 Å². The minimum Gasteiger partial charge on any atom is -0.347 e. The molecule has 0 bridgehead atoms. The van der Waals surface area contributed by atoms with Gasteiger partial charge in [-0.1, -0.05) is 80.7 Å². The maximum Gasteiger partial charge on any atom is 0.193 e. The number of pyridine rings is 1. The SMILES string of the molecule is C=CNC(=NC)c1cn(C(CC)C(C)(C)C)c(/C(C)=C(/C(=C)C2CC2)c2ccc(F)cc2)cc1=O.CC.CC. The van der Waals surface area contributed by atoms with Gasteiger partial charge >= 0.3 is 0 Å². The van der Waals surface area contributed by atoms with E-state index < -0.39 is 0 Å². The number of aromatic nitrogens is 1. The summed E-state index contributed by atoms with van der Waals surface area (Å²) in [6.07, 6.45) is 6.53. The molecule has 0 saturated heterocycles. The minimum atomic E-state index is -0.274. The van der Waals surface area contributed by atoms with E-state index in [9.17, 15) is 9.18 Å². The Labute approximate surface area is 236 Å². The lowest BCUT2D eigenvalue weighted by Crippen LogP contribution is -2.32. The molecule has 1 aromatic heterocycles. The van der Waals surface area contributed by atoms with E-state index in [-0.39, 0.29) is 22.7 Å². The number of hydrogen-bond donors (Lipinski definition) is 1. The van der Waals surface area contributed by atoms with Crippen molar-refractivity contribution in [2.75, 3.05) is 7.05 Å². The first-order valence-corrected chi connectivity index (χ1v) is 14.3. The van der Waals surface area contributed by atoms with E-state index in [2.05, 4.69) is 55.7 Å². The Balaban J connectivity index is 0.00000181. The predicted octanol–water partition coefficient (Wildman–Crippen LogP) is 9.04. The largest absolute Gasteiger partial charge is 0.347 e. The molecule has 1 atom stereocenters. The van der Waals surface area contributed by atoms with Gasteiger partial charge in [0.15, 0.2) is 5.43 Å². The molecule has 3 rings (SSSR count). The van der Waals surface area contributed by atoms with Crippen LogP contribution in [-0.4, -0.2) is 17.5 Å². The molecule has 0 amide bonds. The average molecular weight is 536 g/mol. The van der Waals surface area contributed by atoms with Crippen molar-refractivity contribution in [3.8, 4) is 0 Å². The number of allylic oxidation sites excluding steroid dienone is 3. The number of rotatable bonds is 8. The van der Waals surface area contributed by atoms with Gasteiger partial charge in [-0.25, -0.2) is 4.39 Å². The fourth-order valence-corrected chi connectivity index (χ4v) is 4.90. The standard InChI is InChI=1S/C30H38FN3O.2C2H6/c1-9-27(30(5,6)7)34-18-24(29(32-8)33-10-2)26(35)17-25(34)20(4)28(19(3)21-11-12-21)22-13-15-23(31)16-14-22;2*1-2/h10,13-18,21,27H,2-3,9,11-12H2,1,4-8H3,(H,32,33);2*1-2H3/b28-20-;;. The summed E-state index contributed by atoms with van der Waals surface area (Å²) in [5, 5.41) is 3.00. The summed E-state index contributed by atoms with van der Waals surface area (Å²) in [7, 11) is 1.65. The second-order valence-electron chi connectivity index (χ2n) is 10.4. The Hall–Kier alpha value is -3.21. The molecule has 0 spiro atoms. The summed E-state index contributed by atoms with van der Waals surface area (Å²) in [5.74, 6) is 0.630. The van der Waals surface area contributed by atoms with Crippen LogP contribution in [0.2, 0.25) is 0 Å². The summed E-state index contributed by atoms with van der Waals surface area (Å²) in [6.45, 7) is 27.0. The molecule has 1 aliphatic carbocycles. The zero-order chi connectivity index (χ0) is 29.9. The zero-order valence-electron chi connectivity index (χ0n) is 25.9. The first-order chi connectivity index (χ1) is 18.5. The van der Waals surface area contributed by atoms with Gasteiger partial charge in [-0.2, -0.15) is 0 Å². The van der Waals surface area contributed by atoms with Crippen molar-refractivity contribution in [2.45, 2.75) is 87.6 Å². The second kappa shape index (κ2) is 15.4. The highest BCUT2D eigenvalue weighted by Gasteiger charge is 2.31. The van der Waals surface area contributed by atoms with Crippen LogP contribution in [0.3, 0.4) is 0 Å². The number of hydrogen-bond acceptors (Lipinski definition) is 2. The lowest BCUT2D eigenvalue weighted by atomic mass is 9.83. The zero-order valence-corrected chi connectivity index (χ0v) is 25.9. The summed E-state index contributed by atoms with van der Waals surface area (Å²) in [4.78, 5) is 17.7. The topological polar surface area (TPSA) is 46.4 Å². The maximum atomic E-state index is 13.8. The Morgan fingerprint density at radius 2 is 1.74 bits per heavy atom. The molecule has 0 radical (unpaired) electrons. The van der Waals surface area contributed by atoms with Crippen LogP contribution in [0.1, 0.15) is 104 Å². The Bertz CT molecular complexity index is 1220. The van der Waals surface area contributed by atoms with E-state index in [4.69, 9.17) is 0 Å². The van der Waals surface area contributed by atoms with Crippen LogP contribution in [-0.2, 0) is 0 Å². The van der Waals surface area contributed by atoms with Gasteiger partial charge in [0.25, 0.3) is 0 Å². The van der Waals surface area contributed by atoms with Crippen molar-refractivity contribution in [1.82, 2.24) is 9.88 Å². The number of nitrogens with zero attached hydrogens (tertiary/aromatic N) is 2. The number of halogens is 1. The van der Waals surface area contributed by atoms with Gasteiger partial charge in [-0.05, 0) is 78.1 Å². The third-order valence-corrected chi connectivity index (χ3v) is 6.80. The van der Waals surface area contributed by atoms with Crippen molar-refractivity contribution in [2.24, 2.45) is 16.3 Å². The first-order valence-electron chi connectivity index (χ1n) is 14.3. The van der Waals surface area contributed by atoms with E-state index in [1.165, 1.54) is 18.3 Å². The van der Waals surface area contributed by atoms with E-state index in [1.54, 1.807) is 25.2 Å². The normalized spacial score (nSPS) is 14.6. The van der Waals surface area contributed by atoms with Crippen molar-refractivity contribution >= 4 is 17.0 Å². The molecular weight excluding hydrogens is 485 g/mol. The van der Waals surface area contributed by atoms with E-state index in [1.807, 2.05) is 40.8 Å². The van der Waals surface area contributed by atoms with Crippen LogP contribution >= 0.6 is 0 Å². The van der Waals surface area contributed by atoms with Gasteiger partial charge < -0.3 is 9.88 Å². The van der Waals surface area contributed by atoms with Crippen LogP contribution in [0.4, 0.5) is 4.39 Å². The molecule has 0 aliphatic heterocycles. The lowest BCUT2D eigenvalue weighted by Gasteiger charge is -2.35.